The molecule has 3 N–H and O–H groups in total. The van der Waals surface area contributed by atoms with Crippen molar-refractivity contribution in [2.24, 2.45) is 0 Å². The molecule has 2 rings (SSSR count). The molecule has 0 aliphatic heterocycles. The quantitative estimate of drug-likeness (QED) is 0.553. The summed E-state index contributed by atoms with van der Waals surface area (Å²) in [5.41, 5.74) is 2.55. The van der Waals surface area contributed by atoms with Gasteiger partial charge in [-0.2, -0.15) is 0 Å². The molecule has 0 heterocycles. The molecule has 1 aromatic rings. The minimum absolute atomic E-state index is 0.0402. The largest absolute Gasteiger partial charge is 0.504 e. The van der Waals surface area contributed by atoms with Gasteiger partial charge in [-0.15, -0.1) is 0 Å². The molecule has 1 fully saturated rings. The predicted molar refractivity (Wildman–Crippen MR) is 66.3 cm³/mol. The van der Waals surface area contributed by atoms with Crippen molar-refractivity contribution in [3.05, 3.63) is 35.4 Å². The average molecular weight is 234 g/mol. The Morgan fingerprint density at radius 3 is 2.53 bits per heavy atom. The monoisotopic (exact) mass is 234 g/mol. The summed E-state index contributed by atoms with van der Waals surface area (Å²) in [5, 5.41) is 28.6. The summed E-state index contributed by atoms with van der Waals surface area (Å²) in [4.78, 5) is 0. The molecular formula is C14H18O3. The summed E-state index contributed by atoms with van der Waals surface area (Å²) in [6, 6.07) is 3.30. The second kappa shape index (κ2) is 4.08. The van der Waals surface area contributed by atoms with Crippen molar-refractivity contribution < 1.29 is 15.3 Å². The fourth-order valence-corrected chi connectivity index (χ4v) is 2.64. The van der Waals surface area contributed by atoms with Gasteiger partial charge in [0.15, 0.2) is 11.5 Å². The van der Waals surface area contributed by atoms with Crippen LogP contribution in [-0.2, 0) is 5.41 Å². The first-order chi connectivity index (χ1) is 8.03. The molecule has 1 atom stereocenters. The molecule has 0 aromatic heterocycles. The molecule has 0 amide bonds. The maximum absolute atomic E-state index is 10.0. The number of aliphatic hydroxyl groups is 1. The zero-order valence-corrected chi connectivity index (χ0v) is 10.0. The Morgan fingerprint density at radius 1 is 1.35 bits per heavy atom. The zero-order chi connectivity index (χ0) is 12.6. The lowest BCUT2D eigenvalue weighted by atomic mass is 9.86. The third-order valence-electron chi connectivity index (χ3n) is 3.67. The maximum Gasteiger partial charge on any atom is 0.161 e. The highest BCUT2D eigenvalue weighted by Gasteiger charge is 2.50. The minimum Gasteiger partial charge on any atom is -0.504 e. The smallest absolute Gasteiger partial charge is 0.161 e. The van der Waals surface area contributed by atoms with Crippen molar-refractivity contribution in [1.29, 1.82) is 0 Å². The van der Waals surface area contributed by atoms with E-state index >= 15 is 0 Å². The van der Waals surface area contributed by atoms with E-state index in [-0.39, 0.29) is 23.5 Å². The molecule has 1 aliphatic rings. The summed E-state index contributed by atoms with van der Waals surface area (Å²) in [6.07, 6.45) is 2.26. The number of allylic oxidation sites excluding steroid dienone is 1. The van der Waals surface area contributed by atoms with Crippen LogP contribution in [0, 0.1) is 6.92 Å². The van der Waals surface area contributed by atoms with E-state index in [0.717, 1.165) is 29.5 Å². The Kier molecular flexibility index (Phi) is 2.87. The number of rotatable bonds is 4. The summed E-state index contributed by atoms with van der Waals surface area (Å²) >= 11 is 0. The second-order valence-electron chi connectivity index (χ2n) is 4.81. The van der Waals surface area contributed by atoms with E-state index in [1.165, 1.54) is 6.07 Å². The Bertz CT molecular complexity index is 465. The number of aromatic hydroxyl groups is 2. The van der Waals surface area contributed by atoms with Gasteiger partial charge in [-0.1, -0.05) is 18.2 Å². The molecule has 0 radical (unpaired) electrons. The maximum atomic E-state index is 10.0. The molecule has 1 unspecified atom stereocenters. The number of hydrogen-bond acceptors (Lipinski definition) is 3. The minimum atomic E-state index is -0.240. The molecule has 92 valence electrons. The van der Waals surface area contributed by atoms with E-state index in [0.29, 0.717) is 6.42 Å². The van der Waals surface area contributed by atoms with Crippen molar-refractivity contribution in [1.82, 2.24) is 0 Å². The summed E-state index contributed by atoms with van der Waals surface area (Å²) < 4.78 is 0. The Balaban J connectivity index is 2.45. The molecule has 3 heteroatoms. The van der Waals surface area contributed by atoms with Crippen LogP contribution in [0.25, 0.3) is 0 Å². The highest BCUT2D eigenvalue weighted by atomic mass is 16.3. The van der Waals surface area contributed by atoms with Crippen LogP contribution in [-0.4, -0.2) is 21.9 Å². The molecule has 3 nitrogen and oxygen atoms in total. The Labute approximate surface area is 101 Å². The van der Waals surface area contributed by atoms with Gasteiger partial charge in [0.05, 0.1) is 0 Å². The van der Waals surface area contributed by atoms with Crippen LogP contribution in [0.1, 0.15) is 30.4 Å². The van der Waals surface area contributed by atoms with Crippen molar-refractivity contribution >= 4 is 0 Å². The SMILES string of the molecule is C=C1CC1(CCCO)c1c(C)ccc(O)c1O. The fraction of sp³-hybridized carbons (Fsp3) is 0.429. The fourth-order valence-electron chi connectivity index (χ4n) is 2.64. The predicted octanol–water partition coefficient (Wildman–Crippen LogP) is 2.38. The molecule has 17 heavy (non-hydrogen) atoms. The molecule has 1 aromatic carbocycles. The second-order valence-corrected chi connectivity index (χ2v) is 4.81. The van der Waals surface area contributed by atoms with E-state index < -0.39 is 0 Å². The Hall–Kier alpha value is -1.48. The molecule has 0 bridgehead atoms. The third kappa shape index (κ3) is 1.80. The van der Waals surface area contributed by atoms with Gasteiger partial charge in [0.1, 0.15) is 0 Å². The van der Waals surface area contributed by atoms with Crippen LogP contribution in [0.15, 0.2) is 24.3 Å². The Morgan fingerprint density at radius 2 is 2.00 bits per heavy atom. The lowest BCUT2D eigenvalue weighted by molar-refractivity contribution is 0.278. The van der Waals surface area contributed by atoms with E-state index in [4.69, 9.17) is 5.11 Å². The van der Waals surface area contributed by atoms with Crippen LogP contribution in [0.3, 0.4) is 0 Å². The van der Waals surface area contributed by atoms with Gasteiger partial charge in [0.25, 0.3) is 0 Å². The summed E-state index contributed by atoms with van der Waals surface area (Å²) in [5.74, 6) is -0.129. The van der Waals surface area contributed by atoms with Crippen molar-refractivity contribution in [2.75, 3.05) is 6.61 Å². The van der Waals surface area contributed by atoms with Crippen LogP contribution >= 0.6 is 0 Å². The normalized spacial score (nSPS) is 22.8. The van der Waals surface area contributed by atoms with Crippen LogP contribution in [0.2, 0.25) is 0 Å². The number of hydrogen-bond donors (Lipinski definition) is 3. The van der Waals surface area contributed by atoms with E-state index in [9.17, 15) is 10.2 Å². The lowest BCUT2D eigenvalue weighted by Gasteiger charge is -2.19. The first kappa shape index (κ1) is 12.0. The number of phenolic OH excluding ortho intramolecular Hbond substituents is 2. The number of aliphatic hydroxyl groups excluding tert-OH is 1. The third-order valence-corrected chi connectivity index (χ3v) is 3.67. The molecule has 1 saturated carbocycles. The van der Waals surface area contributed by atoms with Gasteiger partial charge in [-0.05, 0) is 37.8 Å². The van der Waals surface area contributed by atoms with Gasteiger partial charge in [-0.25, -0.2) is 0 Å². The molecule has 1 aliphatic carbocycles. The van der Waals surface area contributed by atoms with Gasteiger partial charge < -0.3 is 15.3 Å². The van der Waals surface area contributed by atoms with Crippen LogP contribution in [0.4, 0.5) is 0 Å². The average Bonchev–Trinajstić information content (AvgIpc) is 2.93. The first-order valence-electron chi connectivity index (χ1n) is 5.84. The van der Waals surface area contributed by atoms with E-state index in [1.54, 1.807) is 6.07 Å². The highest BCUT2D eigenvalue weighted by Crippen LogP contribution is 2.60. The van der Waals surface area contributed by atoms with Gasteiger partial charge in [-0.3, -0.25) is 0 Å². The number of benzene rings is 1. The van der Waals surface area contributed by atoms with Gasteiger partial charge >= 0.3 is 0 Å². The highest BCUT2D eigenvalue weighted by molar-refractivity contribution is 5.61. The molecular weight excluding hydrogens is 216 g/mol. The first-order valence-corrected chi connectivity index (χ1v) is 5.84. The number of aryl methyl sites for hydroxylation is 1. The van der Waals surface area contributed by atoms with E-state index in [1.807, 2.05) is 6.92 Å². The summed E-state index contributed by atoms with van der Waals surface area (Å²) in [6.45, 7) is 6.04. The van der Waals surface area contributed by atoms with Crippen molar-refractivity contribution in [2.45, 2.75) is 31.6 Å². The van der Waals surface area contributed by atoms with Crippen LogP contribution < -0.4 is 0 Å². The van der Waals surface area contributed by atoms with Crippen molar-refractivity contribution in [3.8, 4) is 11.5 Å². The topological polar surface area (TPSA) is 60.7 Å². The zero-order valence-electron chi connectivity index (χ0n) is 10.0. The lowest BCUT2D eigenvalue weighted by Crippen LogP contribution is -2.10. The van der Waals surface area contributed by atoms with E-state index in [2.05, 4.69) is 6.58 Å². The number of phenols is 2. The van der Waals surface area contributed by atoms with Crippen LogP contribution in [0.5, 0.6) is 11.5 Å². The summed E-state index contributed by atoms with van der Waals surface area (Å²) in [7, 11) is 0. The van der Waals surface area contributed by atoms with Gasteiger partial charge in [0.2, 0.25) is 0 Å². The van der Waals surface area contributed by atoms with Gasteiger partial charge in [0, 0.05) is 17.6 Å². The van der Waals surface area contributed by atoms with Crippen molar-refractivity contribution in [3.63, 3.8) is 0 Å². The standard InChI is InChI=1S/C14H18O3/c1-9-4-5-11(16)13(17)12(9)14(6-3-7-15)8-10(14)2/h4-5,15-17H,2-3,6-8H2,1H3. The molecule has 0 spiro atoms. The molecule has 0 saturated heterocycles.